The molecule has 2 aromatic carbocycles. The molecule has 1 saturated heterocycles. The molecule has 1 fully saturated rings. The Labute approximate surface area is 210 Å². The first-order chi connectivity index (χ1) is 16.6. The van der Waals surface area contributed by atoms with Gasteiger partial charge in [-0.05, 0) is 51.7 Å². The van der Waals surface area contributed by atoms with Crippen molar-refractivity contribution in [1.29, 1.82) is 0 Å². The van der Waals surface area contributed by atoms with E-state index in [0.717, 1.165) is 0 Å². The van der Waals surface area contributed by atoms with Crippen molar-refractivity contribution >= 4 is 29.1 Å². The largest absolute Gasteiger partial charge is 0.507 e. The minimum absolute atomic E-state index is 0.0463. The maximum atomic E-state index is 13.3. The Hall–Kier alpha value is -3.23. The van der Waals surface area contributed by atoms with Crippen LogP contribution in [-0.4, -0.2) is 74.1 Å². The summed E-state index contributed by atoms with van der Waals surface area (Å²) in [7, 11) is 6.65. The summed E-state index contributed by atoms with van der Waals surface area (Å²) in [6.45, 7) is 4.64. The lowest BCUT2D eigenvalue weighted by Crippen LogP contribution is -2.35. The first kappa shape index (κ1) is 26.4. The molecule has 1 aliphatic rings. The summed E-state index contributed by atoms with van der Waals surface area (Å²) >= 11 is 6.31. The second kappa shape index (κ2) is 11.0. The lowest BCUT2D eigenvalue weighted by atomic mass is 9.94. The van der Waals surface area contributed by atoms with Crippen LogP contribution in [-0.2, 0) is 9.59 Å². The molecule has 1 unspecified atom stereocenters. The Bertz CT molecular complexity index is 1140. The van der Waals surface area contributed by atoms with Crippen molar-refractivity contribution in [2.45, 2.75) is 26.0 Å². The van der Waals surface area contributed by atoms with Crippen LogP contribution >= 0.6 is 11.6 Å². The van der Waals surface area contributed by atoms with Crippen molar-refractivity contribution in [3.05, 3.63) is 58.1 Å². The number of benzene rings is 2. The van der Waals surface area contributed by atoms with Crippen molar-refractivity contribution in [1.82, 2.24) is 9.80 Å². The number of ether oxygens (including phenoxy) is 3. The average Bonchev–Trinajstić information content (AvgIpc) is 3.06. The number of carbonyl (C=O) groups is 2. The van der Waals surface area contributed by atoms with Gasteiger partial charge in [0.2, 0.25) is 0 Å². The lowest BCUT2D eigenvalue weighted by molar-refractivity contribution is -0.140. The number of carbonyl (C=O) groups excluding carboxylic acids is 2. The highest BCUT2D eigenvalue weighted by Crippen LogP contribution is 2.43. The van der Waals surface area contributed by atoms with Crippen LogP contribution in [0, 0.1) is 0 Å². The quantitative estimate of drug-likeness (QED) is 0.313. The molecule has 0 saturated carbocycles. The number of hydrogen-bond acceptors (Lipinski definition) is 7. The van der Waals surface area contributed by atoms with Crippen LogP contribution in [0.3, 0.4) is 0 Å². The molecule has 1 N–H and O–H groups in total. The summed E-state index contributed by atoms with van der Waals surface area (Å²) in [4.78, 5) is 29.8. The van der Waals surface area contributed by atoms with Gasteiger partial charge in [-0.1, -0.05) is 23.7 Å². The Balaban J connectivity index is 2.23. The van der Waals surface area contributed by atoms with Gasteiger partial charge in [0.25, 0.3) is 11.7 Å². The Morgan fingerprint density at radius 1 is 1.11 bits per heavy atom. The number of aliphatic hydroxyl groups is 1. The van der Waals surface area contributed by atoms with E-state index in [4.69, 9.17) is 25.8 Å². The fourth-order valence-electron chi connectivity index (χ4n) is 3.99. The smallest absolute Gasteiger partial charge is 0.295 e. The fraction of sp³-hybridized carbons (Fsp3) is 0.385. The summed E-state index contributed by atoms with van der Waals surface area (Å²) in [6.07, 6.45) is -0.0592. The van der Waals surface area contributed by atoms with Crippen LogP contribution in [0.25, 0.3) is 5.76 Å². The van der Waals surface area contributed by atoms with Gasteiger partial charge in [-0.25, -0.2) is 0 Å². The van der Waals surface area contributed by atoms with E-state index in [1.165, 1.54) is 31.3 Å². The SMILES string of the molecule is COc1cc(OC)c(/C(O)=C2\C(=O)C(=O)N(CCN(C)C)C2c2cccc(OC(C)C)c2)cc1Cl. The minimum Gasteiger partial charge on any atom is -0.507 e. The predicted molar refractivity (Wildman–Crippen MR) is 134 cm³/mol. The van der Waals surface area contributed by atoms with E-state index in [1.54, 1.807) is 18.2 Å². The Morgan fingerprint density at radius 3 is 2.40 bits per heavy atom. The van der Waals surface area contributed by atoms with Crippen molar-refractivity contribution in [3.8, 4) is 17.2 Å². The molecule has 0 radical (unpaired) electrons. The monoisotopic (exact) mass is 502 g/mol. The molecule has 35 heavy (non-hydrogen) atoms. The summed E-state index contributed by atoms with van der Waals surface area (Å²) in [5, 5.41) is 11.6. The molecule has 0 spiro atoms. The number of rotatable bonds is 9. The molecule has 1 atom stereocenters. The number of halogens is 1. The minimum atomic E-state index is -0.823. The maximum absolute atomic E-state index is 13.3. The molecular formula is C26H31ClN2O6. The van der Waals surface area contributed by atoms with E-state index in [2.05, 4.69) is 0 Å². The zero-order valence-electron chi connectivity index (χ0n) is 20.8. The van der Waals surface area contributed by atoms with Gasteiger partial charge in [0, 0.05) is 19.2 Å². The number of likely N-dealkylation sites (tertiary alicyclic amines) is 1. The molecule has 2 aromatic rings. The topological polar surface area (TPSA) is 88.5 Å². The zero-order chi connectivity index (χ0) is 25.9. The first-order valence-electron chi connectivity index (χ1n) is 11.2. The van der Waals surface area contributed by atoms with Gasteiger partial charge in [0.1, 0.15) is 23.0 Å². The molecule has 8 nitrogen and oxygen atoms in total. The second-order valence-corrected chi connectivity index (χ2v) is 9.13. The number of methoxy groups -OCH3 is 2. The molecule has 188 valence electrons. The molecule has 0 aliphatic carbocycles. The molecule has 1 heterocycles. The van der Waals surface area contributed by atoms with Gasteiger partial charge in [0.15, 0.2) is 0 Å². The third-order valence-corrected chi connectivity index (χ3v) is 5.90. The van der Waals surface area contributed by atoms with E-state index in [9.17, 15) is 14.7 Å². The van der Waals surface area contributed by atoms with E-state index < -0.39 is 17.7 Å². The third kappa shape index (κ3) is 5.55. The molecular weight excluding hydrogens is 472 g/mol. The van der Waals surface area contributed by atoms with E-state index in [0.29, 0.717) is 23.6 Å². The van der Waals surface area contributed by atoms with Crippen molar-refractivity contribution in [2.75, 3.05) is 41.4 Å². The summed E-state index contributed by atoms with van der Waals surface area (Å²) in [5.74, 6) is -0.652. The number of amides is 1. The molecule has 0 bridgehead atoms. The van der Waals surface area contributed by atoms with Gasteiger partial charge in [-0.3, -0.25) is 9.59 Å². The lowest BCUT2D eigenvalue weighted by Gasteiger charge is -2.27. The third-order valence-electron chi connectivity index (χ3n) is 5.60. The number of ketones is 1. The summed E-state index contributed by atoms with van der Waals surface area (Å²) in [5.41, 5.74) is 0.778. The van der Waals surface area contributed by atoms with Gasteiger partial charge >= 0.3 is 0 Å². The Morgan fingerprint density at radius 2 is 1.80 bits per heavy atom. The van der Waals surface area contributed by atoms with Crippen molar-refractivity contribution < 1.29 is 28.9 Å². The highest BCUT2D eigenvalue weighted by Gasteiger charge is 2.46. The number of likely N-dealkylation sites (N-methyl/N-ethyl adjacent to an activating group) is 1. The summed E-state index contributed by atoms with van der Waals surface area (Å²) < 4.78 is 16.5. The summed E-state index contributed by atoms with van der Waals surface area (Å²) in [6, 6.07) is 9.34. The number of hydrogen-bond donors (Lipinski definition) is 1. The van der Waals surface area contributed by atoms with Crippen LogP contribution < -0.4 is 14.2 Å². The average molecular weight is 503 g/mol. The molecule has 0 aromatic heterocycles. The van der Waals surface area contributed by atoms with Gasteiger partial charge in [0.05, 0.1) is 42.5 Å². The maximum Gasteiger partial charge on any atom is 0.295 e. The molecule has 1 amide bonds. The molecule has 9 heteroatoms. The highest BCUT2D eigenvalue weighted by atomic mass is 35.5. The molecule has 1 aliphatic heterocycles. The standard InChI is InChI=1S/C26H31ClN2O6/c1-15(2)35-17-9-7-8-16(12-17)23-22(25(31)26(32)29(23)11-10-28(3)4)24(30)18-13-19(27)21(34-6)14-20(18)33-5/h7-9,12-15,23,30H,10-11H2,1-6H3/b24-22+. The van der Waals surface area contributed by atoms with Gasteiger partial charge < -0.3 is 29.1 Å². The first-order valence-corrected chi connectivity index (χ1v) is 11.6. The fourth-order valence-corrected chi connectivity index (χ4v) is 4.23. The van der Waals surface area contributed by atoms with E-state index in [1.807, 2.05) is 38.9 Å². The van der Waals surface area contributed by atoms with Gasteiger partial charge in [-0.2, -0.15) is 0 Å². The van der Waals surface area contributed by atoms with Crippen LogP contribution in [0.1, 0.15) is 31.0 Å². The van der Waals surface area contributed by atoms with Crippen molar-refractivity contribution in [2.24, 2.45) is 0 Å². The number of Topliss-reactive ketones (excluding diaryl/α,β-unsaturated/α-hetero) is 1. The van der Waals surface area contributed by atoms with Crippen LogP contribution in [0.4, 0.5) is 0 Å². The predicted octanol–water partition coefficient (Wildman–Crippen LogP) is 4.13. The Kier molecular flexibility index (Phi) is 8.30. The van der Waals surface area contributed by atoms with Crippen LogP contribution in [0.15, 0.2) is 42.0 Å². The van der Waals surface area contributed by atoms with Crippen LogP contribution in [0.2, 0.25) is 5.02 Å². The number of nitrogens with zero attached hydrogens (tertiary/aromatic N) is 2. The van der Waals surface area contributed by atoms with Crippen LogP contribution in [0.5, 0.6) is 17.2 Å². The normalized spacial score (nSPS) is 17.4. The van der Waals surface area contributed by atoms with Crippen molar-refractivity contribution in [3.63, 3.8) is 0 Å². The highest BCUT2D eigenvalue weighted by molar-refractivity contribution is 6.46. The van der Waals surface area contributed by atoms with Gasteiger partial charge in [-0.15, -0.1) is 0 Å². The zero-order valence-corrected chi connectivity index (χ0v) is 21.5. The second-order valence-electron chi connectivity index (χ2n) is 8.72. The number of aliphatic hydroxyl groups excluding tert-OH is 1. The van der Waals surface area contributed by atoms with E-state index in [-0.39, 0.29) is 40.3 Å². The molecule has 3 rings (SSSR count). The van der Waals surface area contributed by atoms with E-state index >= 15 is 0 Å².